The molecule has 0 aliphatic rings. The number of fused-ring (bicyclic) bond motifs is 2. The highest BCUT2D eigenvalue weighted by Gasteiger charge is 2.12. The van der Waals surface area contributed by atoms with Gasteiger partial charge in [-0.15, -0.1) is 0 Å². The lowest BCUT2D eigenvalue weighted by Gasteiger charge is -2.10. The van der Waals surface area contributed by atoms with E-state index in [0.717, 1.165) is 46.2 Å². The van der Waals surface area contributed by atoms with E-state index < -0.39 is 0 Å². The van der Waals surface area contributed by atoms with Gasteiger partial charge in [0.1, 0.15) is 17.7 Å². The summed E-state index contributed by atoms with van der Waals surface area (Å²) in [6, 6.07) is 14.6. The number of nitrogens with one attached hydrogen (secondary N) is 1. The third-order valence-electron chi connectivity index (χ3n) is 6.19. The number of nitrogens with zero attached hydrogens (tertiary/aromatic N) is 7. The van der Waals surface area contributed by atoms with E-state index >= 15 is 0 Å². The molecule has 0 fully saturated rings. The highest BCUT2D eigenvalue weighted by atomic mass is 19.1. The van der Waals surface area contributed by atoms with Crippen LogP contribution in [0.25, 0.3) is 16.4 Å². The molecule has 0 aliphatic heterocycles. The quantitative estimate of drug-likeness (QED) is 0.274. The molecule has 1 N–H and O–H groups in total. The summed E-state index contributed by atoms with van der Waals surface area (Å²) in [6.45, 7) is 2.47. The van der Waals surface area contributed by atoms with Crippen LogP contribution < -0.4 is 5.32 Å². The molecule has 10 heteroatoms. The molecule has 0 atom stereocenters. The van der Waals surface area contributed by atoms with E-state index in [9.17, 15) is 4.39 Å². The zero-order chi connectivity index (χ0) is 25.0. The average molecular weight is 497 g/mol. The fraction of sp³-hybridized carbons (Fsp3) is 0.185. The number of hydrogen-bond donors (Lipinski definition) is 1. The lowest BCUT2D eigenvalue weighted by molar-refractivity contribution is 0.116. The molecular formula is C27H25FN8O. The SMILES string of the molecule is Fc1cccc(Cn2ncc3cc(Nc4ncnn5ccc(COCCCn6ccnc6)c45)ccc32)c1. The van der Waals surface area contributed by atoms with Gasteiger partial charge in [-0.05, 0) is 48.4 Å². The van der Waals surface area contributed by atoms with Gasteiger partial charge in [0, 0.05) is 48.4 Å². The summed E-state index contributed by atoms with van der Waals surface area (Å²) < 4.78 is 25.2. The van der Waals surface area contributed by atoms with E-state index in [4.69, 9.17) is 4.74 Å². The lowest BCUT2D eigenvalue weighted by atomic mass is 10.2. The van der Waals surface area contributed by atoms with Gasteiger partial charge in [0.2, 0.25) is 0 Å². The van der Waals surface area contributed by atoms with Gasteiger partial charge in [-0.25, -0.2) is 18.9 Å². The molecule has 0 bridgehead atoms. The van der Waals surface area contributed by atoms with Crippen LogP contribution in [0.1, 0.15) is 17.5 Å². The second-order valence-electron chi connectivity index (χ2n) is 8.78. The normalized spacial score (nSPS) is 11.5. The van der Waals surface area contributed by atoms with Crippen molar-refractivity contribution < 1.29 is 9.13 Å². The van der Waals surface area contributed by atoms with Crippen LogP contribution in [0.2, 0.25) is 0 Å². The molecule has 4 heterocycles. The Morgan fingerprint density at radius 2 is 2.00 bits per heavy atom. The van der Waals surface area contributed by atoms with Gasteiger partial charge >= 0.3 is 0 Å². The predicted octanol–water partition coefficient (Wildman–Crippen LogP) is 4.81. The van der Waals surface area contributed by atoms with Crippen molar-refractivity contribution in [2.75, 3.05) is 11.9 Å². The fourth-order valence-electron chi connectivity index (χ4n) is 4.41. The highest BCUT2D eigenvalue weighted by Crippen LogP contribution is 2.26. The first-order valence-corrected chi connectivity index (χ1v) is 12.0. The number of aromatic nitrogens is 7. The van der Waals surface area contributed by atoms with Gasteiger partial charge in [-0.3, -0.25) is 4.68 Å². The Balaban J connectivity index is 1.16. The van der Waals surface area contributed by atoms with Gasteiger partial charge in [-0.2, -0.15) is 10.2 Å². The number of halogens is 1. The molecule has 0 saturated heterocycles. The van der Waals surface area contributed by atoms with E-state index in [-0.39, 0.29) is 5.82 Å². The topological polar surface area (TPSA) is 87.1 Å². The molecule has 9 nitrogen and oxygen atoms in total. The van der Waals surface area contributed by atoms with E-state index in [2.05, 4.69) is 25.5 Å². The van der Waals surface area contributed by atoms with Crippen LogP contribution in [0.4, 0.5) is 15.9 Å². The predicted molar refractivity (Wildman–Crippen MR) is 138 cm³/mol. The molecule has 186 valence electrons. The second-order valence-corrected chi connectivity index (χ2v) is 8.78. The highest BCUT2D eigenvalue weighted by molar-refractivity contribution is 5.85. The molecular weight excluding hydrogens is 471 g/mol. The Morgan fingerprint density at radius 1 is 1.03 bits per heavy atom. The maximum Gasteiger partial charge on any atom is 0.158 e. The minimum Gasteiger partial charge on any atom is -0.377 e. The number of benzene rings is 2. The summed E-state index contributed by atoms with van der Waals surface area (Å²) >= 11 is 0. The molecule has 0 aliphatic carbocycles. The van der Waals surface area contributed by atoms with Crippen LogP contribution in [0, 0.1) is 5.82 Å². The molecule has 0 unspecified atom stereocenters. The summed E-state index contributed by atoms with van der Waals surface area (Å²) in [5, 5.41) is 13.2. The van der Waals surface area contributed by atoms with Crippen molar-refractivity contribution in [1.29, 1.82) is 0 Å². The first-order chi connectivity index (χ1) is 18.2. The van der Waals surface area contributed by atoms with Crippen molar-refractivity contribution in [2.45, 2.75) is 26.1 Å². The molecule has 6 rings (SSSR count). The summed E-state index contributed by atoms with van der Waals surface area (Å²) in [5.41, 5.74) is 4.59. The Hall–Kier alpha value is -4.57. The minimum absolute atomic E-state index is 0.249. The third kappa shape index (κ3) is 5.05. The molecule has 0 spiro atoms. The molecule has 2 aromatic carbocycles. The van der Waals surface area contributed by atoms with Crippen molar-refractivity contribution >= 4 is 27.9 Å². The Kier molecular flexibility index (Phi) is 6.30. The number of hydrogen-bond acceptors (Lipinski definition) is 6. The van der Waals surface area contributed by atoms with E-state index in [1.54, 1.807) is 16.8 Å². The third-order valence-corrected chi connectivity index (χ3v) is 6.19. The molecule has 0 amide bonds. The van der Waals surface area contributed by atoms with E-state index in [0.29, 0.717) is 25.6 Å². The van der Waals surface area contributed by atoms with E-state index in [1.165, 1.54) is 18.5 Å². The van der Waals surface area contributed by atoms with Crippen LogP contribution in [0.3, 0.4) is 0 Å². The summed E-state index contributed by atoms with van der Waals surface area (Å²) in [5.74, 6) is 0.449. The van der Waals surface area contributed by atoms with Gasteiger partial charge in [-0.1, -0.05) is 12.1 Å². The van der Waals surface area contributed by atoms with Gasteiger partial charge < -0.3 is 14.6 Å². The van der Waals surface area contributed by atoms with Crippen LogP contribution in [0.5, 0.6) is 0 Å². The standard InChI is InChI=1S/C27H25FN8O/c28-23-4-1-3-20(13-23)16-36-25-6-5-24(14-22(25)15-31-36)33-27-26-21(7-10-35(26)32-18-30-27)17-37-12-2-9-34-11-8-29-19-34/h1,3-8,10-11,13-15,18-19H,2,9,12,16-17H2,(H,30,32,33). The second kappa shape index (κ2) is 10.2. The Bertz CT molecular complexity index is 1640. The Morgan fingerprint density at radius 3 is 2.89 bits per heavy atom. The maximum absolute atomic E-state index is 13.6. The largest absolute Gasteiger partial charge is 0.377 e. The van der Waals surface area contributed by atoms with Crippen molar-refractivity contribution in [3.8, 4) is 0 Å². The Labute approximate surface area is 212 Å². The number of rotatable bonds is 10. The number of imidazole rings is 1. The van der Waals surface area contributed by atoms with Crippen LogP contribution >= 0.6 is 0 Å². The van der Waals surface area contributed by atoms with Gasteiger partial charge in [0.05, 0.1) is 31.2 Å². The fourth-order valence-corrected chi connectivity index (χ4v) is 4.41. The van der Waals surface area contributed by atoms with Crippen LogP contribution in [-0.4, -0.2) is 40.5 Å². The smallest absolute Gasteiger partial charge is 0.158 e. The molecule has 37 heavy (non-hydrogen) atoms. The molecule has 0 radical (unpaired) electrons. The van der Waals surface area contributed by atoms with Gasteiger partial charge in [0.15, 0.2) is 5.82 Å². The first-order valence-electron chi connectivity index (χ1n) is 12.0. The average Bonchev–Trinajstić information content (AvgIpc) is 3.65. The van der Waals surface area contributed by atoms with Crippen molar-refractivity contribution in [2.24, 2.45) is 0 Å². The van der Waals surface area contributed by atoms with Crippen molar-refractivity contribution in [1.82, 2.24) is 33.9 Å². The number of anilines is 2. The molecule has 0 saturated carbocycles. The summed E-state index contributed by atoms with van der Waals surface area (Å²) in [4.78, 5) is 8.56. The minimum atomic E-state index is -0.249. The monoisotopic (exact) mass is 496 g/mol. The summed E-state index contributed by atoms with van der Waals surface area (Å²) in [7, 11) is 0. The van der Waals surface area contributed by atoms with Crippen molar-refractivity contribution in [3.63, 3.8) is 0 Å². The van der Waals surface area contributed by atoms with Crippen molar-refractivity contribution in [3.05, 3.63) is 103 Å². The number of aryl methyl sites for hydroxylation is 1. The van der Waals surface area contributed by atoms with Crippen LogP contribution in [-0.2, 0) is 24.4 Å². The zero-order valence-corrected chi connectivity index (χ0v) is 20.0. The first kappa shape index (κ1) is 22.9. The molecule has 4 aromatic heterocycles. The number of ether oxygens (including phenoxy) is 1. The maximum atomic E-state index is 13.6. The molecule has 6 aromatic rings. The van der Waals surface area contributed by atoms with E-state index in [1.807, 2.05) is 64.5 Å². The summed E-state index contributed by atoms with van der Waals surface area (Å²) in [6.07, 6.45) is 11.7. The van der Waals surface area contributed by atoms with Crippen LogP contribution in [0.15, 0.2) is 86.0 Å². The zero-order valence-electron chi connectivity index (χ0n) is 20.0. The van der Waals surface area contributed by atoms with Gasteiger partial charge in [0.25, 0.3) is 0 Å². The lowest BCUT2D eigenvalue weighted by Crippen LogP contribution is -2.04.